The molecule has 0 saturated carbocycles. The predicted octanol–water partition coefficient (Wildman–Crippen LogP) is 3.12. The highest BCUT2D eigenvalue weighted by Gasteiger charge is 2.20. The largest absolute Gasteiger partial charge is 0.294 e. The molecule has 0 saturated heterocycles. The van der Waals surface area contributed by atoms with E-state index in [9.17, 15) is 4.79 Å². The van der Waals surface area contributed by atoms with E-state index in [0.717, 1.165) is 17.5 Å². The van der Waals surface area contributed by atoms with Gasteiger partial charge in [0.15, 0.2) is 5.78 Å². The lowest BCUT2D eigenvalue weighted by Crippen LogP contribution is -1.90. The van der Waals surface area contributed by atoms with E-state index in [-0.39, 0.29) is 5.78 Å². The minimum atomic E-state index is 0.170. The van der Waals surface area contributed by atoms with Gasteiger partial charge in [0.25, 0.3) is 0 Å². The van der Waals surface area contributed by atoms with E-state index in [1.54, 1.807) is 12.1 Å². The zero-order valence-corrected chi connectivity index (χ0v) is 7.74. The quantitative estimate of drug-likeness (QED) is 0.630. The van der Waals surface area contributed by atoms with Gasteiger partial charge in [-0.2, -0.15) is 0 Å². The van der Waals surface area contributed by atoms with Crippen molar-refractivity contribution in [2.45, 2.75) is 12.8 Å². The second-order valence-corrected chi connectivity index (χ2v) is 3.66. The van der Waals surface area contributed by atoms with Gasteiger partial charge in [-0.15, -0.1) is 0 Å². The number of hydrogen-bond donors (Lipinski definition) is 0. The summed E-state index contributed by atoms with van der Waals surface area (Å²) in [5.41, 5.74) is 1.76. The van der Waals surface area contributed by atoms with Crippen LogP contribution in [-0.2, 0) is 6.42 Å². The second kappa shape index (κ2) is 2.75. The van der Waals surface area contributed by atoms with E-state index in [2.05, 4.69) is 0 Å². The van der Waals surface area contributed by atoms with Gasteiger partial charge in [-0.1, -0.05) is 23.2 Å². The number of carbonyl (C=O) groups is 1. The van der Waals surface area contributed by atoms with Gasteiger partial charge in [0.2, 0.25) is 0 Å². The normalized spacial score (nSPS) is 15.0. The summed E-state index contributed by atoms with van der Waals surface area (Å²) in [6.07, 6.45) is 1.39. The molecule has 0 amide bonds. The number of fused-ring (bicyclic) bond motifs is 1. The third kappa shape index (κ3) is 1.13. The maximum absolute atomic E-state index is 11.2. The van der Waals surface area contributed by atoms with Crippen molar-refractivity contribution in [2.24, 2.45) is 0 Å². The Balaban J connectivity index is 2.63. The van der Waals surface area contributed by atoms with Gasteiger partial charge < -0.3 is 0 Å². The highest BCUT2D eigenvalue weighted by Crippen LogP contribution is 2.30. The first-order chi connectivity index (χ1) is 5.68. The van der Waals surface area contributed by atoms with Gasteiger partial charge in [-0.3, -0.25) is 4.79 Å². The van der Waals surface area contributed by atoms with Crippen molar-refractivity contribution in [2.75, 3.05) is 0 Å². The minimum absolute atomic E-state index is 0.170. The van der Waals surface area contributed by atoms with Crippen molar-refractivity contribution < 1.29 is 4.79 Å². The summed E-state index contributed by atoms with van der Waals surface area (Å²) < 4.78 is 0. The van der Waals surface area contributed by atoms with Crippen molar-refractivity contribution >= 4 is 29.0 Å². The summed E-state index contributed by atoms with van der Waals surface area (Å²) in [5, 5.41) is 0.996. The molecule has 2 rings (SSSR count). The number of benzene rings is 1. The van der Waals surface area contributed by atoms with Crippen molar-refractivity contribution in [1.29, 1.82) is 0 Å². The van der Waals surface area contributed by atoms with Crippen molar-refractivity contribution in [3.05, 3.63) is 33.3 Å². The zero-order chi connectivity index (χ0) is 8.72. The molecule has 0 spiro atoms. The van der Waals surface area contributed by atoms with Crippen molar-refractivity contribution in [3.63, 3.8) is 0 Å². The van der Waals surface area contributed by atoms with Crippen LogP contribution in [0.1, 0.15) is 22.3 Å². The van der Waals surface area contributed by atoms with Crippen molar-refractivity contribution in [1.82, 2.24) is 0 Å². The van der Waals surface area contributed by atoms with Crippen LogP contribution >= 0.6 is 23.2 Å². The van der Waals surface area contributed by atoms with Crippen LogP contribution in [0.5, 0.6) is 0 Å². The number of halogens is 2. The van der Waals surface area contributed by atoms with Gasteiger partial charge in [0.1, 0.15) is 0 Å². The molecule has 12 heavy (non-hydrogen) atoms. The molecule has 1 nitrogen and oxygen atoms in total. The first-order valence-corrected chi connectivity index (χ1v) is 4.45. The topological polar surface area (TPSA) is 17.1 Å². The summed E-state index contributed by atoms with van der Waals surface area (Å²) in [6.45, 7) is 0. The molecule has 0 N–H and O–H groups in total. The van der Waals surface area contributed by atoms with Gasteiger partial charge in [0, 0.05) is 12.0 Å². The monoisotopic (exact) mass is 200 g/mol. The van der Waals surface area contributed by atoms with E-state index in [1.807, 2.05) is 0 Å². The van der Waals surface area contributed by atoms with Gasteiger partial charge >= 0.3 is 0 Å². The zero-order valence-electron chi connectivity index (χ0n) is 6.23. The lowest BCUT2D eigenvalue weighted by atomic mass is 10.1. The molecule has 0 radical (unpaired) electrons. The molecule has 0 aliphatic heterocycles. The lowest BCUT2D eigenvalue weighted by molar-refractivity contribution is 0.0994. The fourth-order valence-electron chi connectivity index (χ4n) is 1.44. The minimum Gasteiger partial charge on any atom is -0.294 e. The molecule has 1 aromatic rings. The number of hydrogen-bond acceptors (Lipinski definition) is 1. The first-order valence-electron chi connectivity index (χ1n) is 3.69. The molecule has 0 heterocycles. The van der Waals surface area contributed by atoms with Crippen LogP contribution < -0.4 is 0 Å². The number of aryl methyl sites for hydroxylation is 1. The van der Waals surface area contributed by atoms with Crippen LogP contribution in [0.3, 0.4) is 0 Å². The van der Waals surface area contributed by atoms with E-state index in [0.29, 0.717) is 16.5 Å². The summed E-state index contributed by atoms with van der Waals surface area (Å²) in [6, 6.07) is 3.44. The van der Waals surface area contributed by atoms with Gasteiger partial charge in [-0.05, 0) is 24.1 Å². The standard InChI is InChI=1S/C9H6Cl2O/c10-7-3-5-1-2-9(12)6(5)4-8(7)11/h3-4H,1-2H2. The number of rotatable bonds is 0. The molecule has 1 aliphatic carbocycles. The molecule has 0 unspecified atom stereocenters. The van der Waals surface area contributed by atoms with Crippen LogP contribution in [0.15, 0.2) is 12.1 Å². The SMILES string of the molecule is O=C1CCc2cc(Cl)c(Cl)cc21. The van der Waals surface area contributed by atoms with Gasteiger partial charge in [0.05, 0.1) is 10.0 Å². The van der Waals surface area contributed by atoms with Crippen molar-refractivity contribution in [3.8, 4) is 0 Å². The number of Topliss-reactive ketones (excluding diaryl/α,β-unsaturated/α-hetero) is 1. The summed E-state index contributed by atoms with van der Waals surface area (Å²) in [4.78, 5) is 11.2. The lowest BCUT2D eigenvalue weighted by Gasteiger charge is -1.99. The van der Waals surface area contributed by atoms with Crippen LogP contribution in [0.4, 0.5) is 0 Å². The Bertz CT molecular complexity index is 358. The molecule has 0 bridgehead atoms. The first kappa shape index (κ1) is 8.09. The number of ketones is 1. The predicted molar refractivity (Wildman–Crippen MR) is 49.1 cm³/mol. The molecule has 0 atom stereocenters. The Kier molecular flexibility index (Phi) is 1.85. The summed E-state index contributed by atoms with van der Waals surface area (Å²) in [5.74, 6) is 0.170. The fourth-order valence-corrected chi connectivity index (χ4v) is 1.79. The Morgan fingerprint density at radius 2 is 1.75 bits per heavy atom. The van der Waals surface area contributed by atoms with E-state index in [1.165, 1.54) is 0 Å². The number of carbonyl (C=O) groups excluding carboxylic acids is 1. The molecule has 0 fully saturated rings. The average Bonchev–Trinajstić information content (AvgIpc) is 2.35. The molecule has 0 aromatic heterocycles. The second-order valence-electron chi connectivity index (χ2n) is 2.85. The summed E-state index contributed by atoms with van der Waals surface area (Å²) in [7, 11) is 0. The van der Waals surface area contributed by atoms with E-state index in [4.69, 9.17) is 23.2 Å². The Labute approximate surface area is 80.3 Å². The highest BCUT2D eigenvalue weighted by molar-refractivity contribution is 6.42. The maximum Gasteiger partial charge on any atom is 0.163 e. The molecular formula is C9H6Cl2O. The van der Waals surface area contributed by atoms with Crippen LogP contribution in [0.25, 0.3) is 0 Å². The molecule has 1 aromatic carbocycles. The smallest absolute Gasteiger partial charge is 0.163 e. The molecular weight excluding hydrogens is 195 g/mol. The maximum atomic E-state index is 11.2. The van der Waals surface area contributed by atoms with Crippen LogP contribution in [0.2, 0.25) is 10.0 Å². The van der Waals surface area contributed by atoms with E-state index >= 15 is 0 Å². The third-order valence-corrected chi connectivity index (χ3v) is 2.79. The Morgan fingerprint density at radius 3 is 2.50 bits per heavy atom. The Hall–Kier alpha value is -0.530. The average molecular weight is 201 g/mol. The molecule has 1 aliphatic rings. The highest BCUT2D eigenvalue weighted by atomic mass is 35.5. The van der Waals surface area contributed by atoms with Crippen LogP contribution in [0, 0.1) is 0 Å². The third-order valence-electron chi connectivity index (χ3n) is 2.07. The molecule has 3 heteroatoms. The van der Waals surface area contributed by atoms with Crippen LogP contribution in [-0.4, -0.2) is 5.78 Å². The Morgan fingerprint density at radius 1 is 1.08 bits per heavy atom. The summed E-state index contributed by atoms with van der Waals surface area (Å²) >= 11 is 11.6. The van der Waals surface area contributed by atoms with E-state index < -0.39 is 0 Å². The molecule has 62 valence electrons. The van der Waals surface area contributed by atoms with Gasteiger partial charge in [-0.25, -0.2) is 0 Å². The fraction of sp³-hybridized carbons (Fsp3) is 0.222.